The summed E-state index contributed by atoms with van der Waals surface area (Å²) >= 11 is 3.41. The predicted octanol–water partition coefficient (Wildman–Crippen LogP) is 3.45. The van der Waals surface area contributed by atoms with Gasteiger partial charge in [0, 0.05) is 23.0 Å². The summed E-state index contributed by atoms with van der Waals surface area (Å²) in [5.41, 5.74) is 2.30. The summed E-state index contributed by atoms with van der Waals surface area (Å²) in [5, 5.41) is 0. The van der Waals surface area contributed by atoms with Crippen LogP contribution in [0.25, 0.3) is 0 Å². The van der Waals surface area contributed by atoms with Gasteiger partial charge in [0.2, 0.25) is 0 Å². The monoisotopic (exact) mass is 393 g/mol. The molecule has 4 nitrogen and oxygen atoms in total. The number of aryl methyl sites for hydroxylation is 1. The molecule has 3 rings (SSSR count). The Labute approximate surface area is 144 Å². The predicted molar refractivity (Wildman–Crippen MR) is 93.7 cm³/mol. The van der Waals surface area contributed by atoms with Crippen LogP contribution in [-0.4, -0.2) is 27.1 Å². The van der Waals surface area contributed by atoms with Crippen LogP contribution in [0.3, 0.4) is 0 Å². The topological polar surface area (TPSA) is 54.5 Å². The van der Waals surface area contributed by atoms with Gasteiger partial charge in [-0.2, -0.15) is 0 Å². The molecule has 2 aromatic carbocycles. The van der Waals surface area contributed by atoms with E-state index in [0.29, 0.717) is 17.0 Å². The third-order valence-corrected chi connectivity index (χ3v) is 5.75. The van der Waals surface area contributed by atoms with Gasteiger partial charge < -0.3 is 4.90 Å². The van der Waals surface area contributed by atoms with E-state index in [-0.39, 0.29) is 5.91 Å². The van der Waals surface area contributed by atoms with Gasteiger partial charge in [-0.3, -0.25) is 4.79 Å². The fourth-order valence-corrected chi connectivity index (χ4v) is 3.92. The number of sulfone groups is 1. The van der Waals surface area contributed by atoms with Gasteiger partial charge in [-0.15, -0.1) is 0 Å². The average Bonchev–Trinajstić information content (AvgIpc) is 2.53. The zero-order valence-corrected chi connectivity index (χ0v) is 15.0. The Morgan fingerprint density at radius 3 is 2.61 bits per heavy atom. The molecule has 0 unspecified atom stereocenters. The molecule has 0 bridgehead atoms. The lowest BCUT2D eigenvalue weighted by Crippen LogP contribution is -2.35. The lowest BCUT2D eigenvalue weighted by atomic mass is 10.0. The number of amides is 1. The third-order valence-electron chi connectivity index (χ3n) is 3.95. The number of hydrogen-bond donors (Lipinski definition) is 0. The zero-order valence-electron chi connectivity index (χ0n) is 12.6. The summed E-state index contributed by atoms with van der Waals surface area (Å²) in [6, 6.07) is 12.3. The van der Waals surface area contributed by atoms with Gasteiger partial charge in [0.05, 0.1) is 10.5 Å². The second-order valence-corrected chi connectivity index (χ2v) is 8.47. The fraction of sp³-hybridized carbons (Fsp3) is 0.235. The molecule has 2 aromatic rings. The number of anilines is 1. The van der Waals surface area contributed by atoms with E-state index in [1.54, 1.807) is 29.2 Å². The molecule has 6 heteroatoms. The molecule has 23 heavy (non-hydrogen) atoms. The summed E-state index contributed by atoms with van der Waals surface area (Å²) in [6.07, 6.45) is 2.79. The van der Waals surface area contributed by atoms with Gasteiger partial charge in [0.15, 0.2) is 9.84 Å². The van der Waals surface area contributed by atoms with Gasteiger partial charge in [-0.1, -0.05) is 12.1 Å². The van der Waals surface area contributed by atoms with Crippen molar-refractivity contribution in [1.82, 2.24) is 0 Å². The maximum Gasteiger partial charge on any atom is 0.259 e. The van der Waals surface area contributed by atoms with E-state index in [9.17, 15) is 13.2 Å². The van der Waals surface area contributed by atoms with Gasteiger partial charge in [-0.05, 0) is 64.7 Å². The summed E-state index contributed by atoms with van der Waals surface area (Å²) in [4.78, 5) is 14.9. The Kier molecular flexibility index (Phi) is 4.29. The second kappa shape index (κ2) is 6.09. The smallest absolute Gasteiger partial charge is 0.259 e. The molecule has 0 atom stereocenters. The maximum absolute atomic E-state index is 12.8. The number of nitrogens with zero attached hydrogens (tertiary/aromatic N) is 1. The number of fused-ring (bicyclic) bond motifs is 1. The number of halogens is 1. The molecule has 0 saturated carbocycles. The van der Waals surface area contributed by atoms with E-state index in [0.717, 1.165) is 28.6 Å². The molecule has 1 heterocycles. The van der Waals surface area contributed by atoms with Crippen LogP contribution in [0.15, 0.2) is 51.8 Å². The first-order valence-electron chi connectivity index (χ1n) is 7.27. The van der Waals surface area contributed by atoms with Crippen molar-refractivity contribution < 1.29 is 13.2 Å². The van der Waals surface area contributed by atoms with Crippen LogP contribution < -0.4 is 4.90 Å². The van der Waals surface area contributed by atoms with E-state index < -0.39 is 9.84 Å². The second-order valence-electron chi connectivity index (χ2n) is 5.60. The lowest BCUT2D eigenvalue weighted by molar-refractivity contribution is 0.0984. The van der Waals surface area contributed by atoms with Crippen molar-refractivity contribution in [1.29, 1.82) is 0 Å². The SMILES string of the molecule is CS(=O)(=O)c1ccc2c(c1)CCCN2C(=O)c1ccccc1Br. The number of hydrogen-bond acceptors (Lipinski definition) is 3. The molecule has 120 valence electrons. The molecule has 1 amide bonds. The van der Waals surface area contributed by atoms with Crippen LogP contribution in [0.5, 0.6) is 0 Å². The molecule has 0 aromatic heterocycles. The van der Waals surface area contributed by atoms with Crippen LogP contribution in [0.4, 0.5) is 5.69 Å². The van der Waals surface area contributed by atoms with Crippen molar-refractivity contribution >= 4 is 37.4 Å². The van der Waals surface area contributed by atoms with Gasteiger partial charge in [0.25, 0.3) is 5.91 Å². The first-order chi connectivity index (χ1) is 10.9. The molecule has 1 aliphatic heterocycles. The van der Waals surface area contributed by atoms with Crippen molar-refractivity contribution in [2.24, 2.45) is 0 Å². The van der Waals surface area contributed by atoms with Crippen LogP contribution in [0.2, 0.25) is 0 Å². The highest BCUT2D eigenvalue weighted by molar-refractivity contribution is 9.10. The maximum atomic E-state index is 12.8. The summed E-state index contributed by atoms with van der Waals surface area (Å²) in [5.74, 6) is -0.0782. The van der Waals surface area contributed by atoms with E-state index in [2.05, 4.69) is 15.9 Å². The lowest BCUT2D eigenvalue weighted by Gasteiger charge is -2.30. The fourth-order valence-electron chi connectivity index (χ4n) is 2.80. The largest absolute Gasteiger partial charge is 0.308 e. The van der Waals surface area contributed by atoms with Crippen LogP contribution in [0.1, 0.15) is 22.3 Å². The van der Waals surface area contributed by atoms with Gasteiger partial charge >= 0.3 is 0 Å². The molecule has 0 aliphatic carbocycles. The van der Waals surface area contributed by atoms with E-state index >= 15 is 0 Å². The van der Waals surface area contributed by atoms with Crippen molar-refractivity contribution in [2.75, 3.05) is 17.7 Å². The van der Waals surface area contributed by atoms with E-state index in [4.69, 9.17) is 0 Å². The molecule has 1 aliphatic rings. The van der Waals surface area contributed by atoms with E-state index in [1.807, 2.05) is 18.2 Å². The molecular weight excluding hydrogens is 378 g/mol. The number of benzene rings is 2. The standard InChI is InChI=1S/C17H16BrNO3S/c1-23(21,22)13-8-9-16-12(11-13)5-4-10-19(16)17(20)14-6-2-3-7-15(14)18/h2-3,6-9,11H,4-5,10H2,1H3. The van der Waals surface area contributed by atoms with Gasteiger partial charge in [-0.25, -0.2) is 8.42 Å². The Morgan fingerprint density at radius 1 is 1.17 bits per heavy atom. The molecule has 0 spiro atoms. The number of carbonyl (C=O) groups excluding carboxylic acids is 1. The Hall–Kier alpha value is -1.66. The van der Waals surface area contributed by atoms with E-state index in [1.165, 1.54) is 6.26 Å². The van der Waals surface area contributed by atoms with Crippen LogP contribution in [-0.2, 0) is 16.3 Å². The minimum atomic E-state index is -3.24. The summed E-state index contributed by atoms with van der Waals surface area (Å²) < 4.78 is 24.2. The molecular formula is C17H16BrNO3S. The molecule has 0 saturated heterocycles. The minimum Gasteiger partial charge on any atom is -0.308 e. The third kappa shape index (κ3) is 3.19. The Balaban J connectivity index is 2.02. The van der Waals surface area contributed by atoms with Gasteiger partial charge in [0.1, 0.15) is 0 Å². The summed E-state index contributed by atoms with van der Waals surface area (Å²) in [6.45, 7) is 0.630. The molecule has 0 radical (unpaired) electrons. The molecule has 0 N–H and O–H groups in total. The molecule has 0 fully saturated rings. The number of rotatable bonds is 2. The zero-order chi connectivity index (χ0) is 16.6. The van der Waals surface area contributed by atoms with Crippen molar-refractivity contribution in [3.63, 3.8) is 0 Å². The van der Waals surface area contributed by atoms with Crippen molar-refractivity contribution in [2.45, 2.75) is 17.7 Å². The number of carbonyl (C=O) groups is 1. The Bertz CT molecular complexity index is 877. The normalized spacial score (nSPS) is 14.4. The quantitative estimate of drug-likeness (QED) is 0.784. The van der Waals surface area contributed by atoms with Crippen LogP contribution in [0, 0.1) is 0 Å². The minimum absolute atomic E-state index is 0.0782. The van der Waals surface area contributed by atoms with Crippen molar-refractivity contribution in [3.8, 4) is 0 Å². The average molecular weight is 394 g/mol. The Morgan fingerprint density at radius 2 is 1.91 bits per heavy atom. The highest BCUT2D eigenvalue weighted by Gasteiger charge is 2.25. The highest BCUT2D eigenvalue weighted by atomic mass is 79.9. The van der Waals surface area contributed by atoms with Crippen molar-refractivity contribution in [3.05, 3.63) is 58.1 Å². The van der Waals surface area contributed by atoms with Crippen LogP contribution >= 0.6 is 15.9 Å². The summed E-state index contributed by atoms with van der Waals surface area (Å²) in [7, 11) is -3.24. The highest BCUT2D eigenvalue weighted by Crippen LogP contribution is 2.31. The first kappa shape index (κ1) is 16.2. The first-order valence-corrected chi connectivity index (χ1v) is 9.96.